The van der Waals surface area contributed by atoms with Crippen LogP contribution in [0.1, 0.15) is 25.0 Å². The van der Waals surface area contributed by atoms with Crippen molar-refractivity contribution in [2.75, 3.05) is 0 Å². The first-order chi connectivity index (χ1) is 5.20. The molecule has 1 aromatic rings. The monoisotopic (exact) mass is 296 g/mol. The first-order valence-electron chi connectivity index (χ1n) is 3.66. The molecule has 0 aliphatic carbocycles. The lowest BCUT2D eigenvalue weighted by Gasteiger charge is -1.97. The van der Waals surface area contributed by atoms with Crippen LogP contribution in [0.3, 0.4) is 0 Å². The maximum atomic E-state index is 3.56. The van der Waals surface area contributed by atoms with E-state index in [1.165, 1.54) is 18.7 Å². The maximum Gasteiger partial charge on any atom is 0.0745 e. The Bertz CT molecular complexity index is 228. The highest BCUT2D eigenvalue weighted by Crippen LogP contribution is 2.37. The van der Waals surface area contributed by atoms with E-state index in [1.54, 1.807) is 11.3 Å². The van der Waals surface area contributed by atoms with E-state index in [1.807, 2.05) is 0 Å². The third-order valence-electron chi connectivity index (χ3n) is 1.73. The van der Waals surface area contributed by atoms with Gasteiger partial charge in [-0.25, -0.2) is 0 Å². The normalized spacial score (nSPS) is 10.5. The zero-order valence-electron chi connectivity index (χ0n) is 6.58. The molecule has 0 radical (unpaired) electrons. The predicted molar refractivity (Wildman–Crippen MR) is 58.5 cm³/mol. The highest BCUT2D eigenvalue weighted by Gasteiger charge is 2.10. The van der Waals surface area contributed by atoms with E-state index in [-0.39, 0.29) is 0 Å². The summed E-state index contributed by atoms with van der Waals surface area (Å²) in [4.78, 5) is 0. The standard InChI is InChI=1S/C8H10Br2S/c1-3-5-6(4-2)8(10)11-7(5)9/h3-4H2,1-2H3. The molecule has 0 aliphatic rings. The summed E-state index contributed by atoms with van der Waals surface area (Å²) in [5, 5.41) is 0. The third-order valence-corrected chi connectivity index (χ3v) is 4.50. The van der Waals surface area contributed by atoms with Crippen LogP contribution in [0.2, 0.25) is 0 Å². The first kappa shape index (κ1) is 9.75. The topological polar surface area (TPSA) is 0 Å². The Morgan fingerprint density at radius 3 is 1.64 bits per heavy atom. The fourth-order valence-electron chi connectivity index (χ4n) is 1.14. The highest BCUT2D eigenvalue weighted by molar-refractivity contribution is 9.12. The summed E-state index contributed by atoms with van der Waals surface area (Å²) in [6, 6.07) is 0. The fourth-order valence-corrected chi connectivity index (χ4v) is 4.74. The van der Waals surface area contributed by atoms with E-state index >= 15 is 0 Å². The van der Waals surface area contributed by atoms with Crippen LogP contribution in [0.25, 0.3) is 0 Å². The van der Waals surface area contributed by atoms with Gasteiger partial charge in [-0.2, -0.15) is 0 Å². The van der Waals surface area contributed by atoms with Crippen LogP contribution in [0.4, 0.5) is 0 Å². The van der Waals surface area contributed by atoms with Crippen molar-refractivity contribution in [3.05, 3.63) is 18.7 Å². The molecule has 0 bridgehead atoms. The first-order valence-corrected chi connectivity index (χ1v) is 6.06. The summed E-state index contributed by atoms with van der Waals surface area (Å²) >= 11 is 8.89. The van der Waals surface area contributed by atoms with E-state index in [2.05, 4.69) is 45.7 Å². The lowest BCUT2D eigenvalue weighted by molar-refractivity contribution is 1.04. The van der Waals surface area contributed by atoms with E-state index in [0.29, 0.717) is 0 Å². The fraction of sp³-hybridized carbons (Fsp3) is 0.500. The molecule has 1 rings (SSSR count). The molecule has 1 aromatic heterocycles. The van der Waals surface area contributed by atoms with Crippen LogP contribution in [-0.2, 0) is 12.8 Å². The van der Waals surface area contributed by atoms with E-state index < -0.39 is 0 Å². The quantitative estimate of drug-likeness (QED) is 0.759. The average Bonchev–Trinajstić information content (AvgIpc) is 2.24. The molecule has 0 saturated heterocycles. The minimum atomic E-state index is 1.12. The van der Waals surface area contributed by atoms with Crippen molar-refractivity contribution in [1.82, 2.24) is 0 Å². The summed E-state index contributed by atoms with van der Waals surface area (Å²) in [5.41, 5.74) is 2.92. The molecular weight excluding hydrogens is 288 g/mol. The van der Waals surface area contributed by atoms with Crippen LogP contribution in [-0.4, -0.2) is 0 Å². The number of hydrogen-bond acceptors (Lipinski definition) is 1. The van der Waals surface area contributed by atoms with Crippen molar-refractivity contribution in [1.29, 1.82) is 0 Å². The number of halogens is 2. The molecule has 0 saturated carbocycles. The van der Waals surface area contributed by atoms with Crippen molar-refractivity contribution < 1.29 is 0 Å². The summed E-state index contributed by atoms with van der Waals surface area (Å²) in [5.74, 6) is 0. The molecule has 1 heterocycles. The molecule has 0 atom stereocenters. The summed E-state index contributed by atoms with van der Waals surface area (Å²) in [6.45, 7) is 4.39. The molecule has 0 unspecified atom stereocenters. The molecule has 0 spiro atoms. The average molecular weight is 298 g/mol. The lowest BCUT2D eigenvalue weighted by Crippen LogP contribution is -1.85. The second-order valence-corrected chi connectivity index (χ2v) is 5.97. The van der Waals surface area contributed by atoms with Gasteiger partial charge in [0.05, 0.1) is 7.57 Å². The molecule has 0 N–H and O–H groups in total. The van der Waals surface area contributed by atoms with Gasteiger partial charge in [0.1, 0.15) is 0 Å². The predicted octanol–water partition coefficient (Wildman–Crippen LogP) is 4.40. The van der Waals surface area contributed by atoms with Gasteiger partial charge < -0.3 is 0 Å². The Balaban J connectivity index is 3.17. The van der Waals surface area contributed by atoms with E-state index in [0.717, 1.165) is 12.8 Å². The lowest BCUT2D eigenvalue weighted by atomic mass is 10.1. The van der Waals surface area contributed by atoms with Gasteiger partial charge in [0.15, 0.2) is 0 Å². The molecule has 0 aromatic carbocycles. The molecule has 62 valence electrons. The van der Waals surface area contributed by atoms with Gasteiger partial charge in [-0.15, -0.1) is 11.3 Å². The van der Waals surface area contributed by atoms with Crippen molar-refractivity contribution in [3.63, 3.8) is 0 Å². The van der Waals surface area contributed by atoms with E-state index in [9.17, 15) is 0 Å². The Morgan fingerprint density at radius 1 is 1.00 bits per heavy atom. The van der Waals surface area contributed by atoms with Crippen molar-refractivity contribution in [2.24, 2.45) is 0 Å². The Labute approximate surface area is 88.3 Å². The Morgan fingerprint density at radius 2 is 1.36 bits per heavy atom. The van der Waals surface area contributed by atoms with Crippen LogP contribution >= 0.6 is 43.2 Å². The zero-order valence-corrected chi connectivity index (χ0v) is 10.6. The van der Waals surface area contributed by atoms with Crippen LogP contribution < -0.4 is 0 Å². The van der Waals surface area contributed by atoms with E-state index in [4.69, 9.17) is 0 Å². The van der Waals surface area contributed by atoms with Gasteiger partial charge in [0, 0.05) is 0 Å². The highest BCUT2D eigenvalue weighted by atomic mass is 79.9. The number of rotatable bonds is 2. The SMILES string of the molecule is CCc1c(Br)sc(Br)c1CC. The van der Waals surface area contributed by atoms with Crippen LogP contribution in [0, 0.1) is 0 Å². The zero-order chi connectivity index (χ0) is 8.43. The van der Waals surface area contributed by atoms with Gasteiger partial charge in [-0.3, -0.25) is 0 Å². The van der Waals surface area contributed by atoms with Crippen molar-refractivity contribution in [3.8, 4) is 0 Å². The molecule has 0 aliphatic heterocycles. The number of hydrogen-bond donors (Lipinski definition) is 0. The van der Waals surface area contributed by atoms with Gasteiger partial charge in [0.2, 0.25) is 0 Å². The molecule has 11 heavy (non-hydrogen) atoms. The molecular formula is C8H10Br2S. The maximum absolute atomic E-state index is 3.56. The summed E-state index contributed by atoms with van der Waals surface area (Å²) in [7, 11) is 0. The van der Waals surface area contributed by atoms with Crippen molar-refractivity contribution >= 4 is 43.2 Å². The molecule has 3 heteroatoms. The van der Waals surface area contributed by atoms with Crippen LogP contribution in [0.5, 0.6) is 0 Å². The second kappa shape index (κ2) is 4.06. The largest absolute Gasteiger partial charge is 0.121 e. The third kappa shape index (κ3) is 1.87. The number of thiophene rings is 1. The Hall–Kier alpha value is 0.660. The smallest absolute Gasteiger partial charge is 0.0745 e. The van der Waals surface area contributed by atoms with Gasteiger partial charge in [-0.05, 0) is 55.8 Å². The van der Waals surface area contributed by atoms with Gasteiger partial charge in [-0.1, -0.05) is 13.8 Å². The molecule has 0 fully saturated rings. The summed E-state index contributed by atoms with van der Waals surface area (Å²) in [6.07, 6.45) is 2.23. The molecule has 0 amide bonds. The van der Waals surface area contributed by atoms with Gasteiger partial charge >= 0.3 is 0 Å². The Kier molecular flexibility index (Phi) is 3.59. The minimum absolute atomic E-state index is 1.12. The second-order valence-electron chi connectivity index (χ2n) is 2.31. The van der Waals surface area contributed by atoms with Crippen LogP contribution in [0.15, 0.2) is 7.57 Å². The van der Waals surface area contributed by atoms with Gasteiger partial charge in [0.25, 0.3) is 0 Å². The molecule has 0 nitrogen and oxygen atoms in total. The summed E-state index contributed by atoms with van der Waals surface area (Å²) < 4.78 is 2.56. The minimum Gasteiger partial charge on any atom is -0.121 e. The van der Waals surface area contributed by atoms with Crippen molar-refractivity contribution in [2.45, 2.75) is 26.7 Å².